The Hall–Kier alpha value is -3.42. The normalized spacial score (nSPS) is 22.4. The van der Waals surface area contributed by atoms with Gasteiger partial charge in [-0.1, -0.05) is 0 Å². The number of aliphatic hydroxyl groups excluding tert-OH is 2. The van der Waals surface area contributed by atoms with Crippen LogP contribution < -0.4 is 25.5 Å². The average molecular weight is 456 g/mol. The Kier molecular flexibility index (Phi) is 6.81. The molecule has 1 aromatic heterocycles. The maximum Gasteiger partial charge on any atom is 0.342 e. The zero-order chi connectivity index (χ0) is 23.6. The second-order valence-electron chi connectivity index (χ2n) is 6.67. The first-order valence-electron chi connectivity index (χ1n) is 9.22. The zero-order valence-corrected chi connectivity index (χ0v) is 17.2. The van der Waals surface area contributed by atoms with E-state index >= 15 is 0 Å². The number of nitrogens with one attached hydrogen (secondary N) is 1. The molecule has 174 valence electrons. The largest absolute Gasteiger partial charge is 0.493 e. The zero-order valence-electron chi connectivity index (χ0n) is 17.2. The number of esters is 1. The number of hydrogen-bond acceptors (Lipinski definition) is 10. The molecule has 3 rings (SSSR count). The van der Waals surface area contributed by atoms with Crippen LogP contribution in [0, 0.1) is 5.82 Å². The van der Waals surface area contributed by atoms with Crippen LogP contribution in [-0.4, -0.2) is 72.0 Å². The molecule has 1 saturated heterocycles. The molecular weight excluding hydrogens is 435 g/mol. The summed E-state index contributed by atoms with van der Waals surface area (Å²) in [6.45, 7) is -0.522. The Balaban J connectivity index is 1.77. The smallest absolute Gasteiger partial charge is 0.342 e. The van der Waals surface area contributed by atoms with Crippen LogP contribution in [0.4, 0.5) is 4.39 Å². The SMILES string of the molecule is COc1ccc(C(=O)OC[C@H]2O[C@@H](n3cc(F)c(=O)[nH]c3=O)[C@H](O)[C@@H]2O)c(OC)c1OC. The Labute approximate surface area is 179 Å². The minimum Gasteiger partial charge on any atom is -0.493 e. The molecule has 3 N–H and O–H groups in total. The number of ether oxygens (including phenoxy) is 5. The second-order valence-corrected chi connectivity index (χ2v) is 6.67. The summed E-state index contributed by atoms with van der Waals surface area (Å²) in [5.41, 5.74) is -2.30. The Morgan fingerprint density at radius 2 is 1.81 bits per heavy atom. The van der Waals surface area contributed by atoms with Gasteiger partial charge in [0.05, 0.1) is 27.5 Å². The molecule has 0 spiro atoms. The van der Waals surface area contributed by atoms with Crippen molar-refractivity contribution in [3.8, 4) is 17.2 Å². The van der Waals surface area contributed by atoms with Crippen molar-refractivity contribution < 1.29 is 43.1 Å². The fourth-order valence-corrected chi connectivity index (χ4v) is 3.24. The maximum absolute atomic E-state index is 13.6. The summed E-state index contributed by atoms with van der Waals surface area (Å²) < 4.78 is 40.3. The Morgan fingerprint density at radius 1 is 1.12 bits per heavy atom. The summed E-state index contributed by atoms with van der Waals surface area (Å²) >= 11 is 0. The lowest BCUT2D eigenvalue weighted by molar-refractivity contribution is -0.0603. The standard InChI is InChI=1S/C19H21FN2O10/c1-28-10-5-4-8(14(29-2)15(10)30-3)18(26)31-7-11-12(23)13(24)17(32-11)22-6-9(20)16(25)21-19(22)27/h4-6,11-13,17,23-24H,7H2,1-3H3,(H,21,25,27)/t11-,12-,13-,17-/m1/s1. The van der Waals surface area contributed by atoms with E-state index in [4.69, 9.17) is 23.7 Å². The van der Waals surface area contributed by atoms with E-state index in [0.29, 0.717) is 16.5 Å². The van der Waals surface area contributed by atoms with Gasteiger partial charge in [0.25, 0.3) is 5.56 Å². The Bertz CT molecular complexity index is 1110. The summed E-state index contributed by atoms with van der Waals surface area (Å²) in [7, 11) is 4.09. The molecular formula is C19H21FN2O10. The first kappa shape index (κ1) is 23.2. The van der Waals surface area contributed by atoms with E-state index in [2.05, 4.69) is 0 Å². The number of rotatable bonds is 7. The highest BCUT2D eigenvalue weighted by Crippen LogP contribution is 2.40. The minimum absolute atomic E-state index is 0.00587. The molecule has 0 bridgehead atoms. The van der Waals surface area contributed by atoms with Crippen molar-refractivity contribution in [1.29, 1.82) is 0 Å². The summed E-state index contributed by atoms with van der Waals surface area (Å²) in [4.78, 5) is 37.4. The fourth-order valence-electron chi connectivity index (χ4n) is 3.24. The van der Waals surface area contributed by atoms with E-state index in [-0.39, 0.29) is 17.1 Å². The van der Waals surface area contributed by atoms with Crippen LogP contribution in [0.25, 0.3) is 0 Å². The van der Waals surface area contributed by atoms with Crippen molar-refractivity contribution in [2.45, 2.75) is 24.5 Å². The summed E-state index contributed by atoms with van der Waals surface area (Å²) in [6.07, 6.45) is -5.49. The predicted octanol–water partition coefficient (Wildman–Crippen LogP) is -0.822. The second kappa shape index (κ2) is 9.38. The molecule has 4 atom stereocenters. The molecule has 0 unspecified atom stereocenters. The average Bonchev–Trinajstić information content (AvgIpc) is 3.06. The lowest BCUT2D eigenvalue weighted by Crippen LogP contribution is -2.38. The van der Waals surface area contributed by atoms with Crippen molar-refractivity contribution in [3.63, 3.8) is 0 Å². The molecule has 12 nitrogen and oxygen atoms in total. The monoisotopic (exact) mass is 456 g/mol. The van der Waals surface area contributed by atoms with Gasteiger partial charge >= 0.3 is 11.7 Å². The van der Waals surface area contributed by atoms with E-state index < -0.39 is 54.2 Å². The number of hydrogen-bond donors (Lipinski definition) is 3. The quantitative estimate of drug-likeness (QED) is 0.449. The summed E-state index contributed by atoms with van der Waals surface area (Å²) in [5, 5.41) is 20.4. The number of methoxy groups -OCH3 is 3. The molecule has 0 radical (unpaired) electrons. The predicted molar refractivity (Wildman–Crippen MR) is 104 cm³/mol. The number of benzene rings is 1. The lowest BCUT2D eigenvalue weighted by Gasteiger charge is -2.17. The number of carbonyl (C=O) groups excluding carboxylic acids is 1. The van der Waals surface area contributed by atoms with Gasteiger partial charge in [-0.25, -0.2) is 9.59 Å². The van der Waals surface area contributed by atoms with Gasteiger partial charge in [0, 0.05) is 0 Å². The molecule has 1 aliphatic heterocycles. The highest BCUT2D eigenvalue weighted by molar-refractivity contribution is 5.94. The lowest BCUT2D eigenvalue weighted by atomic mass is 10.1. The third-order valence-electron chi connectivity index (χ3n) is 4.84. The van der Waals surface area contributed by atoms with E-state index in [9.17, 15) is 29.0 Å². The molecule has 13 heteroatoms. The molecule has 32 heavy (non-hydrogen) atoms. The van der Waals surface area contributed by atoms with Gasteiger partial charge in [-0.05, 0) is 12.1 Å². The van der Waals surface area contributed by atoms with E-state index in [1.54, 1.807) is 4.98 Å². The van der Waals surface area contributed by atoms with Crippen molar-refractivity contribution in [2.75, 3.05) is 27.9 Å². The molecule has 1 aromatic carbocycles. The first-order valence-corrected chi connectivity index (χ1v) is 9.22. The minimum atomic E-state index is -1.67. The van der Waals surface area contributed by atoms with E-state index in [0.717, 1.165) is 0 Å². The summed E-state index contributed by atoms with van der Waals surface area (Å²) in [6, 6.07) is 2.85. The van der Waals surface area contributed by atoms with Crippen LogP contribution in [0.2, 0.25) is 0 Å². The highest BCUT2D eigenvalue weighted by atomic mass is 19.1. The van der Waals surface area contributed by atoms with Crippen molar-refractivity contribution in [1.82, 2.24) is 9.55 Å². The molecule has 0 amide bonds. The fraction of sp³-hybridized carbons (Fsp3) is 0.421. The van der Waals surface area contributed by atoms with Crippen LogP contribution in [0.1, 0.15) is 16.6 Å². The number of nitrogens with zero attached hydrogens (tertiary/aromatic N) is 1. The van der Waals surface area contributed by atoms with Gasteiger partial charge in [0.1, 0.15) is 30.5 Å². The Morgan fingerprint density at radius 3 is 2.44 bits per heavy atom. The van der Waals surface area contributed by atoms with Crippen LogP contribution in [0.15, 0.2) is 27.9 Å². The number of aromatic amines is 1. The third-order valence-corrected chi connectivity index (χ3v) is 4.84. The third kappa shape index (κ3) is 4.17. The van der Waals surface area contributed by atoms with E-state index in [1.165, 1.54) is 33.5 Å². The van der Waals surface area contributed by atoms with Gasteiger partial charge < -0.3 is 33.9 Å². The number of halogens is 1. The van der Waals surface area contributed by atoms with Gasteiger partial charge in [0.2, 0.25) is 11.6 Å². The van der Waals surface area contributed by atoms with Crippen molar-refractivity contribution >= 4 is 5.97 Å². The van der Waals surface area contributed by atoms with Crippen molar-refractivity contribution in [3.05, 3.63) is 50.5 Å². The van der Waals surface area contributed by atoms with Crippen LogP contribution >= 0.6 is 0 Å². The van der Waals surface area contributed by atoms with Crippen LogP contribution in [-0.2, 0) is 9.47 Å². The van der Waals surface area contributed by atoms with Crippen LogP contribution in [0.5, 0.6) is 17.2 Å². The van der Waals surface area contributed by atoms with Gasteiger partial charge in [-0.2, -0.15) is 4.39 Å². The number of aromatic nitrogens is 2. The molecule has 0 aliphatic carbocycles. The van der Waals surface area contributed by atoms with Gasteiger partial charge in [-0.3, -0.25) is 14.3 Å². The maximum atomic E-state index is 13.6. The molecule has 0 saturated carbocycles. The molecule has 1 aliphatic rings. The van der Waals surface area contributed by atoms with Gasteiger partial charge in [-0.15, -0.1) is 0 Å². The summed E-state index contributed by atoms with van der Waals surface area (Å²) in [5.74, 6) is -1.61. The first-order chi connectivity index (χ1) is 15.2. The number of aliphatic hydroxyl groups is 2. The molecule has 1 fully saturated rings. The number of carbonyl (C=O) groups is 1. The van der Waals surface area contributed by atoms with Gasteiger partial charge in [0.15, 0.2) is 17.7 Å². The van der Waals surface area contributed by atoms with Crippen molar-refractivity contribution in [2.24, 2.45) is 0 Å². The number of H-pyrrole nitrogens is 1. The topological polar surface area (TPSA) is 159 Å². The van der Waals surface area contributed by atoms with E-state index in [1.807, 2.05) is 0 Å². The van der Waals surface area contributed by atoms with Crippen LogP contribution in [0.3, 0.4) is 0 Å². The molecule has 2 aromatic rings. The molecule has 2 heterocycles. The highest BCUT2D eigenvalue weighted by Gasteiger charge is 2.45.